The first-order chi connectivity index (χ1) is 12.1. The molecule has 0 aliphatic carbocycles. The van der Waals surface area contributed by atoms with Crippen LogP contribution in [-0.2, 0) is 11.3 Å². The second-order valence-electron chi connectivity index (χ2n) is 5.40. The quantitative estimate of drug-likeness (QED) is 0.797. The Morgan fingerprint density at radius 2 is 1.64 bits per heavy atom. The van der Waals surface area contributed by atoms with Gasteiger partial charge in [0.1, 0.15) is 11.5 Å². The number of carbonyl (C=O) groups is 1. The van der Waals surface area contributed by atoms with E-state index in [-0.39, 0.29) is 12.5 Å². The average Bonchev–Trinajstić information content (AvgIpc) is 2.63. The van der Waals surface area contributed by atoms with Gasteiger partial charge in [-0.25, -0.2) is 0 Å². The minimum Gasteiger partial charge on any atom is -0.496 e. The lowest BCUT2D eigenvalue weighted by Gasteiger charge is -2.14. The molecule has 2 aromatic rings. The van der Waals surface area contributed by atoms with Crippen LogP contribution >= 0.6 is 0 Å². The van der Waals surface area contributed by atoms with E-state index < -0.39 is 0 Å². The maximum atomic E-state index is 12.0. The third-order valence-corrected chi connectivity index (χ3v) is 3.62. The normalized spacial score (nSPS) is 10.1. The van der Waals surface area contributed by atoms with Crippen LogP contribution in [0.2, 0.25) is 0 Å². The van der Waals surface area contributed by atoms with Gasteiger partial charge in [0.2, 0.25) is 0 Å². The van der Waals surface area contributed by atoms with Gasteiger partial charge in [-0.2, -0.15) is 0 Å². The van der Waals surface area contributed by atoms with Crippen LogP contribution < -0.4 is 24.3 Å². The second-order valence-corrected chi connectivity index (χ2v) is 5.40. The van der Waals surface area contributed by atoms with E-state index in [0.717, 1.165) is 11.1 Å². The summed E-state index contributed by atoms with van der Waals surface area (Å²) in [5.74, 6) is 2.19. The fourth-order valence-corrected chi connectivity index (χ4v) is 2.33. The molecule has 0 radical (unpaired) electrons. The van der Waals surface area contributed by atoms with Crippen molar-refractivity contribution in [3.8, 4) is 23.0 Å². The minimum absolute atomic E-state index is 0.0565. The standard InChI is InChI=1S/C19H23NO5/c1-13-6-5-7-15(8-13)25-12-19(21)20-11-14-9-17(23-3)18(24-4)10-16(14)22-2/h5-10H,11-12H2,1-4H3,(H,20,21). The van der Waals surface area contributed by atoms with Crippen molar-refractivity contribution in [1.82, 2.24) is 5.32 Å². The number of benzene rings is 2. The minimum atomic E-state index is -0.224. The number of methoxy groups -OCH3 is 3. The molecule has 0 heterocycles. The number of hydrogen-bond donors (Lipinski definition) is 1. The second kappa shape index (κ2) is 8.82. The van der Waals surface area contributed by atoms with Crippen molar-refractivity contribution in [3.05, 3.63) is 47.5 Å². The van der Waals surface area contributed by atoms with Crippen molar-refractivity contribution in [3.63, 3.8) is 0 Å². The Labute approximate surface area is 147 Å². The highest BCUT2D eigenvalue weighted by atomic mass is 16.5. The van der Waals surface area contributed by atoms with Gasteiger partial charge < -0.3 is 24.3 Å². The molecule has 25 heavy (non-hydrogen) atoms. The van der Waals surface area contributed by atoms with E-state index in [1.807, 2.05) is 31.2 Å². The number of aryl methyl sites for hydroxylation is 1. The van der Waals surface area contributed by atoms with E-state index >= 15 is 0 Å². The lowest BCUT2D eigenvalue weighted by molar-refractivity contribution is -0.123. The predicted octanol–water partition coefficient (Wildman–Crippen LogP) is 2.72. The molecule has 0 saturated heterocycles. The molecule has 0 spiro atoms. The Bertz CT molecular complexity index is 730. The van der Waals surface area contributed by atoms with Gasteiger partial charge in [0.25, 0.3) is 5.91 Å². The summed E-state index contributed by atoms with van der Waals surface area (Å²) < 4.78 is 21.4. The van der Waals surface area contributed by atoms with Crippen LogP contribution in [0.5, 0.6) is 23.0 Å². The van der Waals surface area contributed by atoms with Crippen molar-refractivity contribution in [2.24, 2.45) is 0 Å². The first-order valence-electron chi connectivity index (χ1n) is 7.82. The van der Waals surface area contributed by atoms with Crippen molar-refractivity contribution in [1.29, 1.82) is 0 Å². The van der Waals surface area contributed by atoms with Crippen LogP contribution in [0.15, 0.2) is 36.4 Å². The zero-order valence-electron chi connectivity index (χ0n) is 14.9. The van der Waals surface area contributed by atoms with Crippen molar-refractivity contribution in [2.45, 2.75) is 13.5 Å². The van der Waals surface area contributed by atoms with Gasteiger partial charge >= 0.3 is 0 Å². The Morgan fingerprint density at radius 1 is 0.960 bits per heavy atom. The number of rotatable bonds is 8. The summed E-state index contributed by atoms with van der Waals surface area (Å²) >= 11 is 0. The van der Waals surface area contributed by atoms with Gasteiger partial charge in [0.15, 0.2) is 18.1 Å². The summed E-state index contributed by atoms with van der Waals surface area (Å²) in [5.41, 5.74) is 1.86. The summed E-state index contributed by atoms with van der Waals surface area (Å²) in [5, 5.41) is 2.81. The summed E-state index contributed by atoms with van der Waals surface area (Å²) in [6.07, 6.45) is 0. The first kappa shape index (κ1) is 18.4. The summed E-state index contributed by atoms with van der Waals surface area (Å²) in [4.78, 5) is 12.0. The maximum Gasteiger partial charge on any atom is 0.258 e. The number of amides is 1. The summed E-state index contributed by atoms with van der Waals surface area (Å²) in [6, 6.07) is 11.1. The van der Waals surface area contributed by atoms with E-state index in [9.17, 15) is 4.79 Å². The van der Waals surface area contributed by atoms with Crippen LogP contribution in [0.4, 0.5) is 0 Å². The molecule has 1 N–H and O–H groups in total. The predicted molar refractivity (Wildman–Crippen MR) is 94.6 cm³/mol. The highest BCUT2D eigenvalue weighted by molar-refractivity contribution is 5.77. The van der Waals surface area contributed by atoms with E-state index in [1.165, 1.54) is 0 Å². The molecular weight excluding hydrogens is 322 g/mol. The van der Waals surface area contributed by atoms with E-state index in [4.69, 9.17) is 18.9 Å². The van der Waals surface area contributed by atoms with Gasteiger partial charge in [0.05, 0.1) is 21.3 Å². The fourth-order valence-electron chi connectivity index (χ4n) is 2.33. The fraction of sp³-hybridized carbons (Fsp3) is 0.316. The molecule has 6 heteroatoms. The van der Waals surface area contributed by atoms with Gasteiger partial charge in [0, 0.05) is 18.2 Å². The average molecular weight is 345 g/mol. The Morgan fingerprint density at radius 3 is 2.28 bits per heavy atom. The highest BCUT2D eigenvalue weighted by Gasteiger charge is 2.13. The van der Waals surface area contributed by atoms with Crippen LogP contribution in [0.25, 0.3) is 0 Å². The van der Waals surface area contributed by atoms with Crippen molar-refractivity contribution in [2.75, 3.05) is 27.9 Å². The molecular formula is C19H23NO5. The van der Waals surface area contributed by atoms with Crippen LogP contribution in [0.1, 0.15) is 11.1 Å². The Kier molecular flexibility index (Phi) is 6.51. The number of carbonyl (C=O) groups excluding carboxylic acids is 1. The molecule has 2 rings (SSSR count). The Balaban J connectivity index is 1.96. The lowest BCUT2D eigenvalue weighted by Crippen LogP contribution is -2.28. The van der Waals surface area contributed by atoms with Crippen molar-refractivity contribution < 1.29 is 23.7 Å². The lowest BCUT2D eigenvalue weighted by atomic mass is 10.1. The maximum absolute atomic E-state index is 12.0. The topological polar surface area (TPSA) is 66.0 Å². The molecule has 2 aromatic carbocycles. The molecule has 134 valence electrons. The third-order valence-electron chi connectivity index (χ3n) is 3.62. The number of hydrogen-bond acceptors (Lipinski definition) is 5. The van der Waals surface area contributed by atoms with Gasteiger partial charge in [-0.3, -0.25) is 4.79 Å². The molecule has 0 fully saturated rings. The highest BCUT2D eigenvalue weighted by Crippen LogP contribution is 2.34. The summed E-state index contributed by atoms with van der Waals surface area (Å²) in [6.45, 7) is 2.20. The largest absolute Gasteiger partial charge is 0.496 e. The monoisotopic (exact) mass is 345 g/mol. The molecule has 0 aromatic heterocycles. The molecule has 6 nitrogen and oxygen atoms in total. The molecule has 0 aliphatic rings. The Hall–Kier alpha value is -2.89. The molecule has 0 bridgehead atoms. The van der Waals surface area contributed by atoms with Gasteiger partial charge in [-0.05, 0) is 30.7 Å². The molecule has 0 saturated carbocycles. The van der Waals surface area contributed by atoms with Gasteiger partial charge in [-0.15, -0.1) is 0 Å². The SMILES string of the molecule is COc1cc(OC)c(OC)cc1CNC(=O)COc1cccc(C)c1. The summed E-state index contributed by atoms with van der Waals surface area (Å²) in [7, 11) is 4.68. The van der Waals surface area contributed by atoms with Gasteiger partial charge in [-0.1, -0.05) is 12.1 Å². The zero-order chi connectivity index (χ0) is 18.2. The van der Waals surface area contributed by atoms with Crippen LogP contribution in [0, 0.1) is 6.92 Å². The molecule has 1 amide bonds. The number of ether oxygens (including phenoxy) is 4. The first-order valence-corrected chi connectivity index (χ1v) is 7.82. The molecule has 0 atom stereocenters. The van der Waals surface area contributed by atoms with Crippen molar-refractivity contribution >= 4 is 5.91 Å². The van der Waals surface area contributed by atoms with Crippen LogP contribution in [-0.4, -0.2) is 33.8 Å². The smallest absolute Gasteiger partial charge is 0.258 e. The zero-order valence-corrected chi connectivity index (χ0v) is 14.9. The molecule has 0 aliphatic heterocycles. The van der Waals surface area contributed by atoms with Crippen LogP contribution in [0.3, 0.4) is 0 Å². The van der Waals surface area contributed by atoms with E-state index in [2.05, 4.69) is 5.32 Å². The third kappa shape index (κ3) is 5.04. The number of nitrogens with one attached hydrogen (secondary N) is 1. The van der Waals surface area contributed by atoms with E-state index in [1.54, 1.807) is 33.5 Å². The van der Waals surface area contributed by atoms with E-state index in [0.29, 0.717) is 29.5 Å². The molecule has 0 unspecified atom stereocenters.